The van der Waals surface area contributed by atoms with Crippen molar-refractivity contribution >= 4 is 11.9 Å². The van der Waals surface area contributed by atoms with Crippen molar-refractivity contribution in [3.63, 3.8) is 0 Å². The molecular formula is C30H46O5. The minimum absolute atomic E-state index is 0.0347. The van der Waals surface area contributed by atoms with Gasteiger partial charge in [0.2, 0.25) is 0 Å². The molecule has 3 N–H and O–H groups in total. The molecule has 5 heteroatoms. The number of hydrogen-bond donors (Lipinski definition) is 3. The summed E-state index contributed by atoms with van der Waals surface area (Å²) in [4.78, 5) is 26.3. The molecule has 0 amide bonds. The van der Waals surface area contributed by atoms with Crippen LogP contribution in [0.15, 0.2) is 11.6 Å². The summed E-state index contributed by atoms with van der Waals surface area (Å²) in [6.07, 6.45) is 8.62. The molecule has 5 rings (SSSR count). The summed E-state index contributed by atoms with van der Waals surface area (Å²) in [5.74, 6) is -0.563. The van der Waals surface area contributed by atoms with Crippen molar-refractivity contribution in [3.05, 3.63) is 11.6 Å². The first kappa shape index (κ1) is 25.3. The second kappa shape index (κ2) is 7.58. The highest BCUT2D eigenvalue weighted by atomic mass is 16.4. The smallest absolute Gasteiger partial charge is 0.314 e. The van der Waals surface area contributed by atoms with E-state index in [2.05, 4.69) is 47.6 Å². The summed E-state index contributed by atoms with van der Waals surface area (Å²) in [7, 11) is 0. The molecule has 5 aliphatic carbocycles. The van der Waals surface area contributed by atoms with E-state index in [1.54, 1.807) is 0 Å². The number of hydrogen-bond acceptors (Lipinski definition) is 3. The minimum Gasteiger partial charge on any atom is -0.481 e. The summed E-state index contributed by atoms with van der Waals surface area (Å²) < 4.78 is 0. The van der Waals surface area contributed by atoms with E-state index in [1.165, 1.54) is 0 Å². The third-order valence-corrected chi connectivity index (χ3v) is 13.2. The third-order valence-electron chi connectivity index (χ3n) is 13.2. The zero-order valence-electron chi connectivity index (χ0n) is 22.6. The van der Waals surface area contributed by atoms with Crippen molar-refractivity contribution in [1.82, 2.24) is 0 Å². The Bertz CT molecular complexity index is 968. The van der Waals surface area contributed by atoms with Gasteiger partial charge >= 0.3 is 11.9 Å². The number of fused-ring (bicyclic) bond motifs is 7. The van der Waals surface area contributed by atoms with Crippen LogP contribution < -0.4 is 0 Å². The van der Waals surface area contributed by atoms with E-state index in [9.17, 15) is 24.9 Å². The molecule has 196 valence electrons. The van der Waals surface area contributed by atoms with Crippen LogP contribution in [0.1, 0.15) is 99.3 Å². The third kappa shape index (κ3) is 2.85. The van der Waals surface area contributed by atoms with E-state index >= 15 is 0 Å². The van der Waals surface area contributed by atoms with E-state index in [0.29, 0.717) is 31.1 Å². The molecule has 0 spiro atoms. The lowest BCUT2D eigenvalue weighted by Crippen LogP contribution is -2.67. The Labute approximate surface area is 210 Å². The van der Waals surface area contributed by atoms with Crippen LogP contribution in [0.4, 0.5) is 0 Å². The van der Waals surface area contributed by atoms with E-state index in [0.717, 1.165) is 44.1 Å². The van der Waals surface area contributed by atoms with E-state index in [4.69, 9.17) is 0 Å². The van der Waals surface area contributed by atoms with Crippen molar-refractivity contribution in [2.75, 3.05) is 0 Å². The van der Waals surface area contributed by atoms with E-state index in [1.807, 2.05) is 0 Å². The lowest BCUT2D eigenvalue weighted by Gasteiger charge is -2.70. The predicted octanol–water partition coefficient (Wildman–Crippen LogP) is 6.15. The van der Waals surface area contributed by atoms with Crippen molar-refractivity contribution in [3.8, 4) is 0 Å². The zero-order valence-corrected chi connectivity index (χ0v) is 22.6. The molecule has 1 unspecified atom stereocenters. The van der Waals surface area contributed by atoms with Gasteiger partial charge in [-0.05, 0) is 104 Å². The first-order chi connectivity index (χ1) is 16.2. The molecule has 0 aromatic heterocycles. The molecule has 10 atom stereocenters. The van der Waals surface area contributed by atoms with Crippen molar-refractivity contribution < 1.29 is 24.9 Å². The Kier molecular flexibility index (Phi) is 5.48. The Hall–Kier alpha value is -1.36. The van der Waals surface area contributed by atoms with E-state index < -0.39 is 28.2 Å². The second-order valence-corrected chi connectivity index (χ2v) is 14.4. The minimum atomic E-state index is -1.00. The van der Waals surface area contributed by atoms with Gasteiger partial charge in [0.05, 0.1) is 16.9 Å². The fourth-order valence-corrected chi connectivity index (χ4v) is 11.0. The normalized spacial score (nSPS) is 52.7. The first-order valence-corrected chi connectivity index (χ1v) is 14.1. The number of aliphatic hydroxyl groups is 1. The number of allylic oxidation sites excluding steroid dienone is 1. The molecule has 5 aliphatic rings. The van der Waals surface area contributed by atoms with E-state index in [-0.39, 0.29) is 34.7 Å². The van der Waals surface area contributed by atoms with Crippen LogP contribution in [0, 0.1) is 56.7 Å². The van der Waals surface area contributed by atoms with Gasteiger partial charge in [0.25, 0.3) is 0 Å². The maximum atomic E-state index is 13.5. The van der Waals surface area contributed by atoms with Crippen LogP contribution in [0.5, 0.6) is 0 Å². The van der Waals surface area contributed by atoms with Crippen LogP contribution in [-0.2, 0) is 9.59 Å². The molecule has 4 saturated carbocycles. The Balaban J connectivity index is 1.68. The Morgan fingerprint density at radius 3 is 2.17 bits per heavy atom. The van der Waals surface area contributed by atoms with Gasteiger partial charge in [-0.2, -0.15) is 0 Å². The van der Waals surface area contributed by atoms with Gasteiger partial charge in [-0.3, -0.25) is 9.59 Å². The first-order valence-electron chi connectivity index (χ1n) is 14.1. The fraction of sp³-hybridized carbons (Fsp3) is 0.867. The maximum absolute atomic E-state index is 13.5. The van der Waals surface area contributed by atoms with Gasteiger partial charge in [0, 0.05) is 0 Å². The lowest BCUT2D eigenvalue weighted by atomic mass is 9.33. The van der Waals surface area contributed by atoms with Gasteiger partial charge < -0.3 is 15.3 Å². The highest BCUT2D eigenvalue weighted by molar-refractivity contribution is 5.84. The summed E-state index contributed by atoms with van der Waals surface area (Å²) in [5.41, 5.74) is -1.53. The molecule has 0 aromatic rings. The SMILES string of the molecule is C[C@H]1[C@H](C)CC[C@]2(C(=O)O)CC[C@]3(C(=O)O)C(=CC[C@@H]4[C@@]5(C)CCC(O)C(C)(C)[C@@H]5CC[C@]43C)[C@H]12. The van der Waals surface area contributed by atoms with Gasteiger partial charge in [0.15, 0.2) is 0 Å². The number of carboxylic acid groups (broad SMARTS) is 2. The second-order valence-electron chi connectivity index (χ2n) is 14.4. The van der Waals surface area contributed by atoms with Crippen molar-refractivity contribution in [1.29, 1.82) is 0 Å². The molecular weight excluding hydrogens is 440 g/mol. The monoisotopic (exact) mass is 486 g/mol. The largest absolute Gasteiger partial charge is 0.481 e. The number of carbonyl (C=O) groups is 2. The molecule has 0 aromatic carbocycles. The molecule has 5 nitrogen and oxygen atoms in total. The van der Waals surface area contributed by atoms with Gasteiger partial charge in [0.1, 0.15) is 0 Å². The highest BCUT2D eigenvalue weighted by Crippen LogP contribution is 2.75. The van der Waals surface area contributed by atoms with Crippen LogP contribution >= 0.6 is 0 Å². The standard InChI is InChI=1S/C30H46O5/c1-17-9-14-29(24(32)33)15-16-30(25(34)35)19(23(29)18(17)2)7-8-21-27(5)12-11-22(31)26(3,4)20(27)10-13-28(21,30)6/h7,17-18,20-23,31H,8-16H2,1-6H3,(H,32,33)(H,34,35)/t17-,18+,20+,21-,22?,23+,27+,28-,29+,30-/m1/s1. The number of aliphatic hydroxyl groups excluding tert-OH is 1. The summed E-state index contributed by atoms with van der Waals surface area (Å²) in [5, 5.41) is 32.5. The van der Waals surface area contributed by atoms with Crippen LogP contribution in [0.3, 0.4) is 0 Å². The molecule has 35 heavy (non-hydrogen) atoms. The summed E-state index contributed by atoms with van der Waals surface area (Å²) >= 11 is 0. The average Bonchev–Trinajstić information content (AvgIpc) is 2.78. The van der Waals surface area contributed by atoms with Gasteiger partial charge in [-0.15, -0.1) is 0 Å². The van der Waals surface area contributed by atoms with Gasteiger partial charge in [-0.25, -0.2) is 0 Å². The molecule has 0 radical (unpaired) electrons. The fourth-order valence-electron chi connectivity index (χ4n) is 11.0. The molecule has 0 heterocycles. The van der Waals surface area contributed by atoms with Crippen molar-refractivity contribution in [2.24, 2.45) is 56.7 Å². The van der Waals surface area contributed by atoms with Gasteiger partial charge in [-0.1, -0.05) is 53.2 Å². The number of rotatable bonds is 2. The van der Waals surface area contributed by atoms with Crippen LogP contribution in [-0.4, -0.2) is 33.4 Å². The molecule has 0 saturated heterocycles. The predicted molar refractivity (Wildman–Crippen MR) is 135 cm³/mol. The molecule has 0 aliphatic heterocycles. The quantitative estimate of drug-likeness (QED) is 0.407. The Morgan fingerprint density at radius 1 is 0.857 bits per heavy atom. The van der Waals surface area contributed by atoms with Crippen molar-refractivity contribution in [2.45, 2.75) is 105 Å². The average molecular weight is 487 g/mol. The van der Waals surface area contributed by atoms with Crippen LogP contribution in [0.25, 0.3) is 0 Å². The topological polar surface area (TPSA) is 94.8 Å². The van der Waals surface area contributed by atoms with Crippen LogP contribution in [0.2, 0.25) is 0 Å². The highest BCUT2D eigenvalue weighted by Gasteiger charge is 2.73. The summed E-state index contributed by atoms with van der Waals surface area (Å²) in [6, 6.07) is 0. The number of aliphatic carboxylic acids is 2. The zero-order chi connectivity index (χ0) is 25.8. The lowest BCUT2D eigenvalue weighted by molar-refractivity contribution is -0.216. The molecule has 0 bridgehead atoms. The molecule has 4 fully saturated rings. The number of carboxylic acids is 2. The Morgan fingerprint density at radius 2 is 1.54 bits per heavy atom. The summed E-state index contributed by atoms with van der Waals surface area (Å²) in [6.45, 7) is 13.4. The maximum Gasteiger partial charge on any atom is 0.314 e.